The second-order valence-corrected chi connectivity index (χ2v) is 8.80. The third-order valence-electron chi connectivity index (χ3n) is 8.23. The van der Waals surface area contributed by atoms with Gasteiger partial charge in [0.2, 0.25) is 0 Å². The second kappa shape index (κ2) is 4.46. The number of hydrogen-bond donors (Lipinski definition) is 2. The summed E-state index contributed by atoms with van der Waals surface area (Å²) in [5.41, 5.74) is 7.54. The zero-order valence-corrected chi connectivity index (χ0v) is 13.3. The summed E-state index contributed by atoms with van der Waals surface area (Å²) in [6.07, 6.45) is 11.3. The molecule has 0 amide bonds. The molecule has 3 N–H and O–H groups in total. The molecule has 0 aromatic heterocycles. The Morgan fingerprint density at radius 3 is 2.55 bits per heavy atom. The molecule has 114 valence electrons. The van der Waals surface area contributed by atoms with E-state index in [1.807, 2.05) is 0 Å². The van der Waals surface area contributed by atoms with Crippen molar-refractivity contribution >= 4 is 0 Å². The largest absolute Gasteiger partial charge is 0.327 e. The lowest BCUT2D eigenvalue weighted by atomic mass is 9.47. The average molecular weight is 276 g/mol. The monoisotopic (exact) mass is 276 g/mol. The zero-order chi connectivity index (χ0) is 14.0. The molecule has 20 heavy (non-hydrogen) atoms. The quantitative estimate of drug-likeness (QED) is 0.712. The van der Waals surface area contributed by atoms with E-state index in [1.54, 1.807) is 0 Å². The van der Waals surface area contributed by atoms with E-state index >= 15 is 0 Å². The van der Waals surface area contributed by atoms with Crippen LogP contribution in [0.2, 0.25) is 0 Å². The van der Waals surface area contributed by atoms with E-state index < -0.39 is 0 Å². The first kappa shape index (κ1) is 13.6. The second-order valence-electron chi connectivity index (χ2n) is 8.80. The van der Waals surface area contributed by atoms with Crippen molar-refractivity contribution < 1.29 is 0 Å². The fourth-order valence-corrected chi connectivity index (χ4v) is 6.94. The summed E-state index contributed by atoms with van der Waals surface area (Å²) in [6.45, 7) is 6.38. The fourth-order valence-electron chi connectivity index (χ4n) is 6.94. The van der Waals surface area contributed by atoms with Gasteiger partial charge in [0.1, 0.15) is 0 Å². The molecule has 2 nitrogen and oxygen atoms in total. The van der Waals surface area contributed by atoms with Crippen molar-refractivity contribution in [3.8, 4) is 0 Å². The van der Waals surface area contributed by atoms with Crippen molar-refractivity contribution in [2.24, 2.45) is 34.3 Å². The summed E-state index contributed by atoms with van der Waals surface area (Å²) >= 11 is 0. The van der Waals surface area contributed by atoms with E-state index in [2.05, 4.69) is 19.2 Å². The Morgan fingerprint density at radius 2 is 1.70 bits per heavy atom. The van der Waals surface area contributed by atoms with Crippen LogP contribution < -0.4 is 11.1 Å². The van der Waals surface area contributed by atoms with Gasteiger partial charge >= 0.3 is 0 Å². The van der Waals surface area contributed by atoms with Gasteiger partial charge in [-0.1, -0.05) is 13.8 Å². The minimum atomic E-state index is 0.465. The molecule has 1 saturated heterocycles. The van der Waals surface area contributed by atoms with Crippen molar-refractivity contribution in [2.75, 3.05) is 6.54 Å². The highest BCUT2D eigenvalue weighted by atomic mass is 15.0. The maximum atomic E-state index is 6.50. The number of piperidine rings is 1. The summed E-state index contributed by atoms with van der Waals surface area (Å²) in [5, 5.41) is 3.85. The standard InChI is InChI=1S/C18H32N2/c1-17-10-8-14-12(13(17)5-6-15(17)19)4-7-16-18(14,2)9-3-11-20-16/h12-16,20H,3-11,19H2,1-2H3/t12-,13-,14-,15?,16?,17-,18+/m0/s1. The predicted molar refractivity (Wildman–Crippen MR) is 83.4 cm³/mol. The maximum absolute atomic E-state index is 6.50. The van der Waals surface area contributed by atoms with Gasteiger partial charge in [-0.15, -0.1) is 0 Å². The SMILES string of the molecule is C[C@]12CCCNC1CC[C@@H]1[C@@H]2CC[C@]2(C)C(N)CC[C@@H]12. The molecule has 1 heterocycles. The van der Waals surface area contributed by atoms with Crippen LogP contribution in [-0.2, 0) is 0 Å². The summed E-state index contributed by atoms with van der Waals surface area (Å²) in [5.74, 6) is 2.87. The molecule has 0 spiro atoms. The molecule has 3 saturated carbocycles. The number of nitrogens with two attached hydrogens (primary N) is 1. The summed E-state index contributed by atoms with van der Waals surface area (Å²) < 4.78 is 0. The summed E-state index contributed by atoms with van der Waals surface area (Å²) in [4.78, 5) is 0. The Bertz CT molecular complexity index is 395. The highest BCUT2D eigenvalue weighted by Gasteiger charge is 2.59. The molecule has 4 aliphatic rings. The maximum Gasteiger partial charge on any atom is 0.0124 e. The molecule has 0 radical (unpaired) electrons. The summed E-state index contributed by atoms with van der Waals surface area (Å²) in [6, 6.07) is 1.28. The van der Waals surface area contributed by atoms with Gasteiger partial charge in [0.25, 0.3) is 0 Å². The molecule has 0 bridgehead atoms. The van der Waals surface area contributed by atoms with Gasteiger partial charge < -0.3 is 11.1 Å². The lowest BCUT2D eigenvalue weighted by Crippen LogP contribution is -2.60. The third kappa shape index (κ3) is 1.64. The molecule has 0 aromatic rings. The van der Waals surface area contributed by atoms with Crippen molar-refractivity contribution in [3.05, 3.63) is 0 Å². The molecule has 1 aliphatic heterocycles. The normalized spacial score (nSPS) is 58.6. The van der Waals surface area contributed by atoms with Crippen LogP contribution in [0.1, 0.15) is 65.2 Å². The van der Waals surface area contributed by atoms with E-state index in [9.17, 15) is 0 Å². The molecule has 3 aliphatic carbocycles. The van der Waals surface area contributed by atoms with Crippen LogP contribution in [0.4, 0.5) is 0 Å². The molecule has 4 fully saturated rings. The number of nitrogens with one attached hydrogen (secondary N) is 1. The molecule has 2 heteroatoms. The van der Waals surface area contributed by atoms with E-state index in [0.29, 0.717) is 16.9 Å². The molecule has 2 unspecified atom stereocenters. The van der Waals surface area contributed by atoms with E-state index in [0.717, 1.165) is 23.8 Å². The van der Waals surface area contributed by atoms with Crippen LogP contribution in [0, 0.1) is 28.6 Å². The van der Waals surface area contributed by atoms with Crippen molar-refractivity contribution in [1.82, 2.24) is 5.32 Å². The van der Waals surface area contributed by atoms with Crippen LogP contribution in [0.25, 0.3) is 0 Å². The van der Waals surface area contributed by atoms with Crippen molar-refractivity contribution in [1.29, 1.82) is 0 Å². The molecular formula is C18H32N2. The summed E-state index contributed by atoms with van der Waals surface area (Å²) in [7, 11) is 0. The Hall–Kier alpha value is -0.0800. The van der Waals surface area contributed by atoms with Gasteiger partial charge in [-0.05, 0) is 86.5 Å². The Kier molecular flexibility index (Phi) is 3.03. The molecule has 4 rings (SSSR count). The lowest BCUT2D eigenvalue weighted by Gasteiger charge is -2.60. The van der Waals surface area contributed by atoms with Gasteiger partial charge in [0, 0.05) is 12.1 Å². The zero-order valence-electron chi connectivity index (χ0n) is 13.3. The van der Waals surface area contributed by atoms with Gasteiger partial charge in [0.15, 0.2) is 0 Å². The van der Waals surface area contributed by atoms with Crippen LogP contribution in [0.3, 0.4) is 0 Å². The lowest BCUT2D eigenvalue weighted by molar-refractivity contribution is -0.0874. The smallest absolute Gasteiger partial charge is 0.0124 e. The minimum absolute atomic E-state index is 0.465. The third-order valence-corrected chi connectivity index (χ3v) is 8.23. The van der Waals surface area contributed by atoms with Crippen LogP contribution in [0.5, 0.6) is 0 Å². The van der Waals surface area contributed by atoms with Gasteiger partial charge in [-0.2, -0.15) is 0 Å². The van der Waals surface area contributed by atoms with Crippen molar-refractivity contribution in [3.63, 3.8) is 0 Å². The first-order chi connectivity index (χ1) is 9.56. The van der Waals surface area contributed by atoms with Crippen LogP contribution in [-0.4, -0.2) is 18.6 Å². The van der Waals surface area contributed by atoms with E-state index in [4.69, 9.17) is 5.73 Å². The number of fused-ring (bicyclic) bond motifs is 5. The highest BCUT2D eigenvalue weighted by Crippen LogP contribution is 2.63. The predicted octanol–water partition coefficient (Wildman–Crippen LogP) is 3.31. The van der Waals surface area contributed by atoms with E-state index in [-0.39, 0.29) is 0 Å². The van der Waals surface area contributed by atoms with Gasteiger partial charge in [0.05, 0.1) is 0 Å². The number of hydrogen-bond acceptors (Lipinski definition) is 2. The van der Waals surface area contributed by atoms with Crippen LogP contribution in [0.15, 0.2) is 0 Å². The molecular weight excluding hydrogens is 244 g/mol. The average Bonchev–Trinajstić information content (AvgIpc) is 2.74. The molecule has 7 atom stereocenters. The number of rotatable bonds is 0. The topological polar surface area (TPSA) is 38.0 Å². The first-order valence-electron chi connectivity index (χ1n) is 9.05. The minimum Gasteiger partial charge on any atom is -0.327 e. The molecule has 0 aromatic carbocycles. The Balaban J connectivity index is 1.64. The van der Waals surface area contributed by atoms with Gasteiger partial charge in [-0.25, -0.2) is 0 Å². The van der Waals surface area contributed by atoms with Gasteiger partial charge in [-0.3, -0.25) is 0 Å². The Morgan fingerprint density at radius 1 is 0.900 bits per heavy atom. The highest BCUT2D eigenvalue weighted by molar-refractivity contribution is 5.11. The Labute approximate surface area is 124 Å². The van der Waals surface area contributed by atoms with E-state index in [1.165, 1.54) is 57.9 Å². The van der Waals surface area contributed by atoms with Crippen molar-refractivity contribution in [2.45, 2.75) is 77.3 Å². The van der Waals surface area contributed by atoms with Crippen LogP contribution >= 0.6 is 0 Å². The fraction of sp³-hybridized carbons (Fsp3) is 1.00. The first-order valence-corrected chi connectivity index (χ1v) is 9.05.